The molecule has 0 radical (unpaired) electrons. The molecule has 3 nitrogen and oxygen atoms in total. The number of rotatable bonds is 5. The predicted octanol–water partition coefficient (Wildman–Crippen LogP) is 4.22. The lowest BCUT2D eigenvalue weighted by Gasteiger charge is -2.04. The van der Waals surface area contributed by atoms with Gasteiger partial charge in [0.15, 0.2) is 5.13 Å². The molecule has 0 saturated heterocycles. The SMILES string of the molecule is CCNc1nc2ccc(CCc3ncccc3C)cc2s1. The first-order chi connectivity index (χ1) is 10.3. The van der Waals surface area contributed by atoms with Gasteiger partial charge >= 0.3 is 0 Å². The Morgan fingerprint density at radius 2 is 2.10 bits per heavy atom. The highest BCUT2D eigenvalue weighted by atomic mass is 32.1. The van der Waals surface area contributed by atoms with Crippen LogP contribution in [0.3, 0.4) is 0 Å². The normalized spacial score (nSPS) is 11.0. The first-order valence-corrected chi connectivity index (χ1v) is 8.11. The van der Waals surface area contributed by atoms with E-state index in [4.69, 9.17) is 0 Å². The number of thiazole rings is 1. The summed E-state index contributed by atoms with van der Waals surface area (Å²) in [7, 11) is 0. The van der Waals surface area contributed by atoms with Crippen LogP contribution in [0.4, 0.5) is 5.13 Å². The van der Waals surface area contributed by atoms with E-state index < -0.39 is 0 Å². The van der Waals surface area contributed by atoms with E-state index in [-0.39, 0.29) is 0 Å². The average Bonchev–Trinajstić information content (AvgIpc) is 2.88. The topological polar surface area (TPSA) is 37.8 Å². The first kappa shape index (κ1) is 14.0. The van der Waals surface area contributed by atoms with Gasteiger partial charge in [0, 0.05) is 18.4 Å². The van der Waals surface area contributed by atoms with Crippen molar-refractivity contribution in [2.75, 3.05) is 11.9 Å². The van der Waals surface area contributed by atoms with Crippen molar-refractivity contribution in [3.63, 3.8) is 0 Å². The Bertz CT molecular complexity index is 749. The monoisotopic (exact) mass is 297 g/mol. The molecule has 3 rings (SSSR count). The Balaban J connectivity index is 1.76. The lowest BCUT2D eigenvalue weighted by Crippen LogP contribution is -1.96. The van der Waals surface area contributed by atoms with Crippen molar-refractivity contribution in [3.8, 4) is 0 Å². The van der Waals surface area contributed by atoms with Gasteiger partial charge < -0.3 is 5.32 Å². The fraction of sp³-hybridized carbons (Fsp3) is 0.294. The minimum absolute atomic E-state index is 0.908. The molecule has 0 aliphatic carbocycles. The van der Waals surface area contributed by atoms with Crippen molar-refractivity contribution in [2.24, 2.45) is 0 Å². The zero-order chi connectivity index (χ0) is 14.7. The summed E-state index contributed by atoms with van der Waals surface area (Å²) in [6.45, 7) is 5.12. The molecule has 0 spiro atoms. The smallest absolute Gasteiger partial charge is 0.183 e. The van der Waals surface area contributed by atoms with Gasteiger partial charge in [0.25, 0.3) is 0 Å². The Hall–Kier alpha value is -1.94. The minimum atomic E-state index is 0.908. The molecule has 0 amide bonds. The van der Waals surface area contributed by atoms with Gasteiger partial charge in [0.05, 0.1) is 10.2 Å². The third-order valence-electron chi connectivity index (χ3n) is 3.55. The van der Waals surface area contributed by atoms with Gasteiger partial charge in [0.1, 0.15) is 0 Å². The molecule has 3 aromatic rings. The second kappa shape index (κ2) is 6.22. The summed E-state index contributed by atoms with van der Waals surface area (Å²) in [4.78, 5) is 9.04. The number of aryl methyl sites for hydroxylation is 3. The largest absolute Gasteiger partial charge is 0.362 e. The summed E-state index contributed by atoms with van der Waals surface area (Å²) in [5.74, 6) is 0. The number of hydrogen-bond acceptors (Lipinski definition) is 4. The van der Waals surface area contributed by atoms with Crippen molar-refractivity contribution in [1.82, 2.24) is 9.97 Å². The lowest BCUT2D eigenvalue weighted by atomic mass is 10.1. The molecule has 0 saturated carbocycles. The highest BCUT2D eigenvalue weighted by molar-refractivity contribution is 7.22. The molecule has 108 valence electrons. The van der Waals surface area contributed by atoms with Gasteiger partial charge in [-0.05, 0) is 56.0 Å². The van der Waals surface area contributed by atoms with E-state index in [9.17, 15) is 0 Å². The predicted molar refractivity (Wildman–Crippen MR) is 90.2 cm³/mol. The molecular weight excluding hydrogens is 278 g/mol. The molecule has 2 heterocycles. The Morgan fingerprint density at radius 3 is 2.90 bits per heavy atom. The van der Waals surface area contributed by atoms with Crippen molar-refractivity contribution in [3.05, 3.63) is 53.3 Å². The summed E-state index contributed by atoms with van der Waals surface area (Å²) >= 11 is 1.72. The van der Waals surface area contributed by atoms with Crippen LogP contribution < -0.4 is 5.32 Å². The van der Waals surface area contributed by atoms with E-state index in [0.717, 1.165) is 30.0 Å². The summed E-state index contributed by atoms with van der Waals surface area (Å²) < 4.78 is 1.25. The van der Waals surface area contributed by atoms with E-state index in [1.54, 1.807) is 11.3 Å². The van der Waals surface area contributed by atoms with E-state index in [1.807, 2.05) is 12.3 Å². The van der Waals surface area contributed by atoms with E-state index in [0.29, 0.717) is 0 Å². The van der Waals surface area contributed by atoms with Crippen LogP contribution in [0.1, 0.15) is 23.7 Å². The van der Waals surface area contributed by atoms with Crippen molar-refractivity contribution in [1.29, 1.82) is 0 Å². The summed E-state index contributed by atoms with van der Waals surface area (Å²) in [6, 6.07) is 10.7. The zero-order valence-electron chi connectivity index (χ0n) is 12.4. The molecule has 21 heavy (non-hydrogen) atoms. The number of nitrogens with zero attached hydrogens (tertiary/aromatic N) is 2. The van der Waals surface area contributed by atoms with Gasteiger partial charge in [-0.3, -0.25) is 4.98 Å². The average molecular weight is 297 g/mol. The molecular formula is C17H19N3S. The fourth-order valence-electron chi connectivity index (χ4n) is 2.39. The van der Waals surface area contributed by atoms with Crippen LogP contribution in [0, 0.1) is 6.92 Å². The second-order valence-corrected chi connectivity index (χ2v) is 6.15. The summed E-state index contributed by atoms with van der Waals surface area (Å²) in [5.41, 5.74) is 4.88. The van der Waals surface area contributed by atoms with Gasteiger partial charge in [-0.1, -0.05) is 23.5 Å². The van der Waals surface area contributed by atoms with Crippen LogP contribution >= 0.6 is 11.3 Å². The van der Waals surface area contributed by atoms with Crippen LogP contribution in [0.15, 0.2) is 36.5 Å². The van der Waals surface area contributed by atoms with Crippen molar-refractivity contribution >= 4 is 26.7 Å². The van der Waals surface area contributed by atoms with Crippen LogP contribution in [-0.2, 0) is 12.8 Å². The summed E-state index contributed by atoms with van der Waals surface area (Å²) in [5, 5.41) is 4.28. The Kier molecular flexibility index (Phi) is 4.15. The maximum atomic E-state index is 4.57. The molecule has 1 N–H and O–H groups in total. The van der Waals surface area contributed by atoms with Gasteiger partial charge in [0.2, 0.25) is 0 Å². The highest BCUT2D eigenvalue weighted by Crippen LogP contribution is 2.27. The summed E-state index contributed by atoms with van der Waals surface area (Å²) in [6.07, 6.45) is 3.87. The van der Waals surface area contributed by atoms with Crippen LogP contribution in [0.25, 0.3) is 10.2 Å². The highest BCUT2D eigenvalue weighted by Gasteiger charge is 2.05. The molecule has 0 unspecified atom stereocenters. The van der Waals surface area contributed by atoms with E-state index >= 15 is 0 Å². The second-order valence-electron chi connectivity index (χ2n) is 5.12. The van der Waals surface area contributed by atoms with E-state index in [1.165, 1.54) is 21.5 Å². The number of fused-ring (bicyclic) bond motifs is 1. The van der Waals surface area contributed by atoms with Gasteiger partial charge in [-0.2, -0.15) is 0 Å². The Morgan fingerprint density at radius 1 is 1.19 bits per heavy atom. The van der Waals surface area contributed by atoms with Crippen molar-refractivity contribution in [2.45, 2.75) is 26.7 Å². The van der Waals surface area contributed by atoms with Crippen molar-refractivity contribution < 1.29 is 0 Å². The zero-order valence-corrected chi connectivity index (χ0v) is 13.2. The number of pyridine rings is 1. The molecule has 4 heteroatoms. The maximum absolute atomic E-state index is 4.57. The quantitative estimate of drug-likeness (QED) is 0.766. The third kappa shape index (κ3) is 3.22. The fourth-order valence-corrected chi connectivity index (χ4v) is 3.39. The van der Waals surface area contributed by atoms with Gasteiger partial charge in [-0.25, -0.2) is 4.98 Å². The number of hydrogen-bond donors (Lipinski definition) is 1. The lowest BCUT2D eigenvalue weighted by molar-refractivity contribution is 0.902. The molecule has 1 aromatic carbocycles. The molecule has 0 atom stereocenters. The minimum Gasteiger partial charge on any atom is -0.362 e. The first-order valence-electron chi connectivity index (χ1n) is 7.30. The maximum Gasteiger partial charge on any atom is 0.183 e. The van der Waals surface area contributed by atoms with E-state index in [2.05, 4.69) is 53.4 Å². The molecule has 0 aliphatic heterocycles. The molecule has 2 aromatic heterocycles. The van der Waals surface area contributed by atoms with Crippen LogP contribution in [-0.4, -0.2) is 16.5 Å². The molecule has 0 bridgehead atoms. The number of aromatic nitrogens is 2. The third-order valence-corrected chi connectivity index (χ3v) is 4.53. The molecule has 0 fully saturated rings. The van der Waals surface area contributed by atoms with Crippen LogP contribution in [0.2, 0.25) is 0 Å². The Labute approximate surface area is 129 Å². The number of anilines is 1. The van der Waals surface area contributed by atoms with Crippen LogP contribution in [0.5, 0.6) is 0 Å². The van der Waals surface area contributed by atoms with Gasteiger partial charge in [-0.15, -0.1) is 0 Å². The molecule has 0 aliphatic rings. The standard InChI is InChI=1S/C17H19N3S/c1-3-18-17-20-15-9-7-13(11-16(15)21-17)6-8-14-12(2)5-4-10-19-14/h4-5,7,9-11H,3,6,8H2,1-2H3,(H,18,20). The number of benzene rings is 1. The number of nitrogens with one attached hydrogen (secondary N) is 1.